The van der Waals surface area contributed by atoms with Crippen molar-refractivity contribution in [3.63, 3.8) is 0 Å². The van der Waals surface area contributed by atoms with E-state index in [9.17, 15) is 13.6 Å². The normalized spacial score (nSPS) is 10.7. The summed E-state index contributed by atoms with van der Waals surface area (Å²) in [6.07, 6.45) is 1.41. The standard InChI is InChI=1S/C11H5ClF2INO2/c12-7-1-5(13)2-8(14)10(7)16-4-6(15)3-9(16)11(17)18/h1-4H,(H,17,18). The van der Waals surface area contributed by atoms with Crippen LogP contribution >= 0.6 is 34.2 Å². The zero-order valence-electron chi connectivity index (χ0n) is 8.62. The highest BCUT2D eigenvalue weighted by atomic mass is 127. The molecule has 2 rings (SSSR count). The molecule has 0 atom stereocenters. The van der Waals surface area contributed by atoms with Gasteiger partial charge in [0.05, 0.1) is 5.02 Å². The fraction of sp³-hybridized carbons (Fsp3) is 0. The van der Waals surface area contributed by atoms with Crippen LogP contribution in [-0.4, -0.2) is 15.6 Å². The van der Waals surface area contributed by atoms with Crippen LogP contribution in [0.4, 0.5) is 8.78 Å². The van der Waals surface area contributed by atoms with E-state index >= 15 is 0 Å². The molecule has 0 fully saturated rings. The van der Waals surface area contributed by atoms with Crippen molar-refractivity contribution in [1.29, 1.82) is 0 Å². The summed E-state index contributed by atoms with van der Waals surface area (Å²) in [5.74, 6) is -2.97. The number of aromatic carboxylic acids is 1. The maximum Gasteiger partial charge on any atom is 0.352 e. The first-order valence-corrected chi connectivity index (χ1v) is 6.12. The molecule has 0 aliphatic rings. The minimum Gasteiger partial charge on any atom is -0.477 e. The van der Waals surface area contributed by atoms with Crippen LogP contribution in [-0.2, 0) is 0 Å². The van der Waals surface area contributed by atoms with Crippen LogP contribution < -0.4 is 0 Å². The highest BCUT2D eigenvalue weighted by molar-refractivity contribution is 14.1. The second kappa shape index (κ2) is 4.85. The fourth-order valence-corrected chi connectivity index (χ4v) is 2.40. The van der Waals surface area contributed by atoms with E-state index in [1.165, 1.54) is 12.3 Å². The maximum atomic E-state index is 13.7. The van der Waals surface area contributed by atoms with Gasteiger partial charge in [-0.15, -0.1) is 0 Å². The lowest BCUT2D eigenvalue weighted by molar-refractivity contribution is 0.0688. The molecule has 1 N–H and O–H groups in total. The van der Waals surface area contributed by atoms with Gasteiger partial charge < -0.3 is 9.67 Å². The van der Waals surface area contributed by atoms with Gasteiger partial charge in [0.1, 0.15) is 17.2 Å². The molecule has 94 valence electrons. The molecule has 1 heterocycles. The van der Waals surface area contributed by atoms with Crippen molar-refractivity contribution >= 4 is 40.2 Å². The third kappa shape index (κ3) is 2.35. The predicted octanol–water partition coefficient (Wildman–Crippen LogP) is 3.71. The number of aromatic nitrogens is 1. The fourth-order valence-electron chi connectivity index (χ4n) is 1.54. The molecule has 0 aliphatic heterocycles. The molecule has 7 heteroatoms. The molecule has 0 bridgehead atoms. The smallest absolute Gasteiger partial charge is 0.352 e. The minimum atomic E-state index is -1.22. The van der Waals surface area contributed by atoms with Gasteiger partial charge in [-0.25, -0.2) is 13.6 Å². The number of hydrogen-bond donors (Lipinski definition) is 1. The molecule has 0 saturated heterocycles. The molecule has 0 amide bonds. The lowest BCUT2D eigenvalue weighted by atomic mass is 10.2. The topological polar surface area (TPSA) is 42.2 Å². The van der Waals surface area contributed by atoms with E-state index in [1.54, 1.807) is 0 Å². The van der Waals surface area contributed by atoms with Gasteiger partial charge in [0.25, 0.3) is 0 Å². The first-order valence-electron chi connectivity index (χ1n) is 4.66. The summed E-state index contributed by atoms with van der Waals surface area (Å²) in [6.45, 7) is 0. The quantitative estimate of drug-likeness (QED) is 0.804. The number of rotatable bonds is 2. The van der Waals surface area contributed by atoms with E-state index < -0.39 is 17.6 Å². The second-order valence-corrected chi connectivity index (χ2v) is 5.09. The zero-order chi connectivity index (χ0) is 13.4. The van der Waals surface area contributed by atoms with Crippen molar-refractivity contribution < 1.29 is 18.7 Å². The first-order chi connectivity index (χ1) is 8.40. The van der Waals surface area contributed by atoms with Crippen LogP contribution in [0.2, 0.25) is 5.02 Å². The second-order valence-electron chi connectivity index (χ2n) is 3.44. The van der Waals surface area contributed by atoms with Crippen LogP contribution in [0, 0.1) is 15.2 Å². The molecule has 1 aromatic carbocycles. The monoisotopic (exact) mass is 383 g/mol. The molecule has 0 radical (unpaired) electrons. The molecular weight excluding hydrogens is 378 g/mol. The van der Waals surface area contributed by atoms with Crippen molar-refractivity contribution in [1.82, 2.24) is 4.57 Å². The molecule has 0 unspecified atom stereocenters. The molecule has 0 aliphatic carbocycles. The van der Waals surface area contributed by atoms with Gasteiger partial charge in [0.15, 0.2) is 5.82 Å². The number of nitrogens with zero attached hydrogens (tertiary/aromatic N) is 1. The molecule has 1 aromatic heterocycles. The number of halogens is 4. The summed E-state index contributed by atoms with van der Waals surface area (Å²) >= 11 is 7.65. The summed E-state index contributed by atoms with van der Waals surface area (Å²) < 4.78 is 28.3. The Morgan fingerprint density at radius 2 is 2.00 bits per heavy atom. The van der Waals surface area contributed by atoms with Gasteiger partial charge in [0.2, 0.25) is 0 Å². The lowest BCUT2D eigenvalue weighted by Gasteiger charge is -2.09. The van der Waals surface area contributed by atoms with E-state index in [2.05, 4.69) is 0 Å². The zero-order valence-corrected chi connectivity index (χ0v) is 11.5. The predicted molar refractivity (Wildman–Crippen MR) is 70.4 cm³/mol. The van der Waals surface area contributed by atoms with Gasteiger partial charge in [-0.3, -0.25) is 0 Å². The Hall–Kier alpha value is -1.15. The van der Waals surface area contributed by atoms with Crippen LogP contribution in [0.15, 0.2) is 24.4 Å². The number of carbonyl (C=O) groups is 1. The van der Waals surface area contributed by atoms with Crippen molar-refractivity contribution in [2.75, 3.05) is 0 Å². The number of carboxylic acid groups (broad SMARTS) is 1. The SMILES string of the molecule is O=C(O)c1cc(I)cn1-c1c(F)cc(F)cc1Cl. The number of carboxylic acids is 1. The van der Waals surface area contributed by atoms with Crippen LogP contribution in [0.25, 0.3) is 5.69 Å². The van der Waals surface area contributed by atoms with Gasteiger partial charge in [-0.05, 0) is 34.7 Å². The van der Waals surface area contributed by atoms with Crippen molar-refractivity contribution in [2.45, 2.75) is 0 Å². The van der Waals surface area contributed by atoms with Gasteiger partial charge in [-0.1, -0.05) is 11.6 Å². The van der Waals surface area contributed by atoms with Crippen molar-refractivity contribution in [3.8, 4) is 5.69 Å². The Balaban J connectivity index is 2.73. The van der Waals surface area contributed by atoms with E-state index in [1.807, 2.05) is 22.6 Å². The Labute approximate surface area is 119 Å². The van der Waals surface area contributed by atoms with E-state index in [0.717, 1.165) is 10.6 Å². The summed E-state index contributed by atoms with van der Waals surface area (Å²) in [4.78, 5) is 11.0. The minimum absolute atomic E-state index is 0.146. The summed E-state index contributed by atoms with van der Waals surface area (Å²) in [6, 6.07) is 2.94. The average molecular weight is 384 g/mol. The number of hydrogen-bond acceptors (Lipinski definition) is 1. The first kappa shape index (κ1) is 13.3. The third-order valence-electron chi connectivity index (χ3n) is 2.23. The molecular formula is C11H5ClF2INO2. The summed E-state index contributed by atoms with van der Waals surface area (Å²) in [5, 5.41) is 8.82. The number of benzene rings is 1. The molecule has 0 saturated carbocycles. The van der Waals surface area contributed by atoms with Crippen molar-refractivity contribution in [2.24, 2.45) is 0 Å². The van der Waals surface area contributed by atoms with Crippen LogP contribution in [0.3, 0.4) is 0 Å². The largest absolute Gasteiger partial charge is 0.477 e. The average Bonchev–Trinajstić information content (AvgIpc) is 2.58. The van der Waals surface area contributed by atoms with Gasteiger partial charge >= 0.3 is 5.97 Å². The molecule has 18 heavy (non-hydrogen) atoms. The van der Waals surface area contributed by atoms with Gasteiger partial charge in [-0.2, -0.15) is 0 Å². The van der Waals surface area contributed by atoms with E-state index in [0.29, 0.717) is 9.64 Å². The Morgan fingerprint density at radius 1 is 1.33 bits per heavy atom. The highest BCUT2D eigenvalue weighted by Gasteiger charge is 2.19. The molecule has 0 spiro atoms. The molecule has 3 nitrogen and oxygen atoms in total. The van der Waals surface area contributed by atoms with Crippen LogP contribution in [0.1, 0.15) is 10.5 Å². The highest BCUT2D eigenvalue weighted by Crippen LogP contribution is 2.28. The van der Waals surface area contributed by atoms with E-state index in [4.69, 9.17) is 16.7 Å². The van der Waals surface area contributed by atoms with Gasteiger partial charge in [0, 0.05) is 15.8 Å². The Kier molecular flexibility index (Phi) is 3.58. The summed E-state index contributed by atoms with van der Waals surface area (Å²) in [7, 11) is 0. The lowest BCUT2D eigenvalue weighted by Crippen LogP contribution is -2.08. The molecule has 2 aromatic rings. The third-order valence-corrected chi connectivity index (χ3v) is 3.11. The van der Waals surface area contributed by atoms with Crippen molar-refractivity contribution in [3.05, 3.63) is 50.3 Å². The maximum absolute atomic E-state index is 13.7. The van der Waals surface area contributed by atoms with Crippen LogP contribution in [0.5, 0.6) is 0 Å². The Morgan fingerprint density at radius 3 is 2.56 bits per heavy atom. The van der Waals surface area contributed by atoms with E-state index in [-0.39, 0.29) is 16.4 Å². The Bertz CT molecular complexity index is 619. The summed E-state index contributed by atoms with van der Waals surface area (Å²) in [5.41, 5.74) is -0.329.